The maximum absolute atomic E-state index is 11.6. The molecule has 0 bridgehead atoms. The van der Waals surface area contributed by atoms with Crippen molar-refractivity contribution in [2.24, 2.45) is 0 Å². The Bertz CT molecular complexity index is 529. The van der Waals surface area contributed by atoms with Gasteiger partial charge in [0.2, 0.25) is 0 Å². The summed E-state index contributed by atoms with van der Waals surface area (Å²) in [7, 11) is 0. The Morgan fingerprint density at radius 1 is 1.00 bits per heavy atom. The number of carbonyl (C=O) groups is 2. The second-order valence-electron chi connectivity index (χ2n) is 4.57. The van der Waals surface area contributed by atoms with Gasteiger partial charge < -0.3 is 9.47 Å². The van der Waals surface area contributed by atoms with Gasteiger partial charge in [0.15, 0.2) is 0 Å². The molecule has 0 radical (unpaired) electrons. The number of hydrogen-bond donors (Lipinski definition) is 0. The monoisotopic (exact) mass is 302 g/mol. The van der Waals surface area contributed by atoms with Gasteiger partial charge in [0.1, 0.15) is 0 Å². The number of ether oxygens (including phenoxy) is 2. The minimum atomic E-state index is -0.439. The molecule has 0 aliphatic rings. The van der Waals surface area contributed by atoms with Crippen molar-refractivity contribution in [3.05, 3.63) is 54.1 Å². The van der Waals surface area contributed by atoms with Crippen LogP contribution in [0.4, 0.5) is 0 Å². The zero-order valence-electron chi connectivity index (χ0n) is 13.1. The van der Waals surface area contributed by atoms with Gasteiger partial charge in [-0.2, -0.15) is 0 Å². The first-order chi connectivity index (χ1) is 10.7. The SMILES string of the molecule is CCCCOC(=O)/C=C/C(=C/C(=O)OCC)c1ccccc1. The Balaban J connectivity index is 2.83. The van der Waals surface area contributed by atoms with E-state index >= 15 is 0 Å². The van der Waals surface area contributed by atoms with Crippen molar-refractivity contribution in [3.8, 4) is 0 Å². The van der Waals surface area contributed by atoms with Gasteiger partial charge in [-0.3, -0.25) is 0 Å². The van der Waals surface area contributed by atoms with Crippen LogP contribution in [0.1, 0.15) is 32.3 Å². The highest BCUT2D eigenvalue weighted by molar-refractivity contribution is 5.96. The van der Waals surface area contributed by atoms with Crippen LogP contribution in [0.5, 0.6) is 0 Å². The van der Waals surface area contributed by atoms with Gasteiger partial charge in [0.05, 0.1) is 13.2 Å². The normalized spacial score (nSPS) is 11.5. The molecule has 4 heteroatoms. The smallest absolute Gasteiger partial charge is 0.331 e. The standard InChI is InChI=1S/C18H22O4/c1-3-5-13-22-17(19)12-11-16(14-18(20)21-4-2)15-9-7-6-8-10-15/h6-12,14H,3-5,13H2,1-2H3/b12-11+,16-14-. The van der Waals surface area contributed by atoms with Gasteiger partial charge in [-0.15, -0.1) is 0 Å². The maximum atomic E-state index is 11.6. The summed E-state index contributed by atoms with van der Waals surface area (Å²) < 4.78 is 9.97. The molecule has 0 aliphatic carbocycles. The van der Waals surface area contributed by atoms with E-state index in [1.807, 2.05) is 37.3 Å². The predicted molar refractivity (Wildman–Crippen MR) is 86.1 cm³/mol. The summed E-state index contributed by atoms with van der Waals surface area (Å²) in [6, 6.07) is 9.33. The molecule has 0 atom stereocenters. The van der Waals surface area contributed by atoms with Crippen molar-refractivity contribution in [1.29, 1.82) is 0 Å². The van der Waals surface area contributed by atoms with Crippen molar-refractivity contribution in [2.75, 3.05) is 13.2 Å². The molecule has 1 aromatic rings. The van der Waals surface area contributed by atoms with Crippen LogP contribution in [0, 0.1) is 0 Å². The Hall–Kier alpha value is -2.36. The van der Waals surface area contributed by atoms with E-state index in [-0.39, 0.29) is 0 Å². The van der Waals surface area contributed by atoms with Gasteiger partial charge in [-0.05, 0) is 30.6 Å². The molecule has 0 aliphatic heterocycles. The second kappa shape index (κ2) is 10.4. The maximum Gasteiger partial charge on any atom is 0.331 e. The van der Waals surface area contributed by atoms with E-state index in [0.29, 0.717) is 18.8 Å². The highest BCUT2D eigenvalue weighted by Gasteiger charge is 2.04. The fourth-order valence-electron chi connectivity index (χ4n) is 1.69. The second-order valence-corrected chi connectivity index (χ2v) is 4.57. The quantitative estimate of drug-likeness (QED) is 0.319. The largest absolute Gasteiger partial charge is 0.463 e. The van der Waals surface area contributed by atoms with Gasteiger partial charge in [0.25, 0.3) is 0 Å². The number of hydrogen-bond acceptors (Lipinski definition) is 4. The van der Waals surface area contributed by atoms with Crippen LogP contribution in [0.2, 0.25) is 0 Å². The summed E-state index contributed by atoms with van der Waals surface area (Å²) >= 11 is 0. The molecule has 1 aromatic carbocycles. The Morgan fingerprint density at radius 3 is 2.36 bits per heavy atom. The van der Waals surface area contributed by atoms with Crippen LogP contribution in [-0.2, 0) is 19.1 Å². The third-order valence-electron chi connectivity index (χ3n) is 2.81. The van der Waals surface area contributed by atoms with Crippen LogP contribution in [0.15, 0.2) is 48.6 Å². The fourth-order valence-corrected chi connectivity index (χ4v) is 1.69. The molecule has 0 fully saturated rings. The molecular formula is C18H22O4. The van der Waals surface area contributed by atoms with Crippen molar-refractivity contribution >= 4 is 17.5 Å². The fraction of sp³-hybridized carbons (Fsp3) is 0.333. The van der Waals surface area contributed by atoms with Crippen molar-refractivity contribution < 1.29 is 19.1 Å². The number of benzene rings is 1. The molecule has 118 valence electrons. The van der Waals surface area contributed by atoms with E-state index in [2.05, 4.69) is 0 Å². The van der Waals surface area contributed by atoms with Gasteiger partial charge >= 0.3 is 11.9 Å². The van der Waals surface area contributed by atoms with E-state index in [0.717, 1.165) is 18.4 Å². The Labute approximate surface area is 131 Å². The van der Waals surface area contributed by atoms with Crippen molar-refractivity contribution in [2.45, 2.75) is 26.7 Å². The highest BCUT2D eigenvalue weighted by atomic mass is 16.5. The number of rotatable bonds is 8. The lowest BCUT2D eigenvalue weighted by Gasteiger charge is -2.04. The lowest BCUT2D eigenvalue weighted by Crippen LogP contribution is -2.03. The molecule has 4 nitrogen and oxygen atoms in total. The molecule has 0 spiro atoms. The van der Waals surface area contributed by atoms with E-state index in [9.17, 15) is 9.59 Å². The van der Waals surface area contributed by atoms with Crippen LogP contribution < -0.4 is 0 Å². The zero-order chi connectivity index (χ0) is 16.2. The lowest BCUT2D eigenvalue weighted by atomic mass is 10.1. The van der Waals surface area contributed by atoms with Crippen LogP contribution in [0.3, 0.4) is 0 Å². The van der Waals surface area contributed by atoms with Crippen molar-refractivity contribution in [1.82, 2.24) is 0 Å². The summed E-state index contributed by atoms with van der Waals surface area (Å²) in [6.45, 7) is 4.48. The molecule has 0 heterocycles. The third kappa shape index (κ3) is 6.88. The van der Waals surface area contributed by atoms with E-state index < -0.39 is 11.9 Å². The molecule has 0 amide bonds. The summed E-state index contributed by atoms with van der Waals surface area (Å²) in [6.07, 6.45) is 6.07. The van der Waals surface area contributed by atoms with Crippen LogP contribution in [-0.4, -0.2) is 25.2 Å². The summed E-state index contributed by atoms with van der Waals surface area (Å²) in [5.41, 5.74) is 1.43. The Kier molecular flexibility index (Phi) is 8.35. The lowest BCUT2D eigenvalue weighted by molar-refractivity contribution is -0.138. The molecule has 0 saturated heterocycles. The predicted octanol–water partition coefficient (Wildman–Crippen LogP) is 3.53. The Morgan fingerprint density at radius 2 is 1.73 bits per heavy atom. The van der Waals surface area contributed by atoms with Gasteiger partial charge in [-0.25, -0.2) is 9.59 Å². The number of allylic oxidation sites excluding steroid dienone is 2. The molecule has 0 N–H and O–H groups in total. The molecule has 0 unspecified atom stereocenters. The third-order valence-corrected chi connectivity index (χ3v) is 2.81. The summed E-state index contributed by atoms with van der Waals surface area (Å²) in [5, 5.41) is 0. The number of esters is 2. The average Bonchev–Trinajstić information content (AvgIpc) is 2.53. The van der Waals surface area contributed by atoms with Crippen molar-refractivity contribution in [3.63, 3.8) is 0 Å². The topological polar surface area (TPSA) is 52.6 Å². The molecule has 0 saturated carbocycles. The van der Waals surface area contributed by atoms with Gasteiger partial charge in [-0.1, -0.05) is 43.7 Å². The van der Waals surface area contributed by atoms with Gasteiger partial charge in [0, 0.05) is 12.2 Å². The number of carbonyl (C=O) groups excluding carboxylic acids is 2. The summed E-state index contributed by atoms with van der Waals surface area (Å²) in [4.78, 5) is 23.2. The highest BCUT2D eigenvalue weighted by Crippen LogP contribution is 2.16. The minimum Gasteiger partial charge on any atom is -0.463 e. The molecule has 22 heavy (non-hydrogen) atoms. The van der Waals surface area contributed by atoms with E-state index in [1.165, 1.54) is 12.2 Å². The molecule has 0 aromatic heterocycles. The zero-order valence-corrected chi connectivity index (χ0v) is 13.1. The first-order valence-electron chi connectivity index (χ1n) is 7.46. The molecule has 1 rings (SSSR count). The summed E-state index contributed by atoms with van der Waals surface area (Å²) in [5.74, 6) is -0.857. The molecular weight excluding hydrogens is 280 g/mol. The average molecular weight is 302 g/mol. The number of unbranched alkanes of at least 4 members (excludes halogenated alkanes) is 1. The minimum absolute atomic E-state index is 0.306. The van der Waals surface area contributed by atoms with E-state index in [1.54, 1.807) is 13.0 Å². The first-order valence-corrected chi connectivity index (χ1v) is 7.46. The first kappa shape index (κ1) is 17.7. The van der Waals surface area contributed by atoms with Crippen LogP contribution >= 0.6 is 0 Å². The van der Waals surface area contributed by atoms with Crippen LogP contribution in [0.25, 0.3) is 5.57 Å². The van der Waals surface area contributed by atoms with E-state index in [4.69, 9.17) is 9.47 Å².